The van der Waals surface area contributed by atoms with Crippen LogP contribution in [0.2, 0.25) is 0 Å². The summed E-state index contributed by atoms with van der Waals surface area (Å²) in [7, 11) is 1.62. The van der Waals surface area contributed by atoms with Gasteiger partial charge < -0.3 is 10.4 Å². The van der Waals surface area contributed by atoms with Gasteiger partial charge in [-0.05, 0) is 0 Å². The molecule has 54 valence electrons. The topological polar surface area (TPSA) is 78.0 Å². The Morgan fingerprint density at radius 3 is 3.00 bits per heavy atom. The highest BCUT2D eigenvalue weighted by molar-refractivity contribution is 5.92. The summed E-state index contributed by atoms with van der Waals surface area (Å²) in [4.78, 5) is 10.3. The summed E-state index contributed by atoms with van der Waals surface area (Å²) in [6.07, 6.45) is 1.26. The number of nitrogens with zero attached hydrogens (tertiary/aromatic N) is 1. The third-order valence-corrected chi connectivity index (χ3v) is 1.12. The van der Waals surface area contributed by atoms with Gasteiger partial charge >= 0.3 is 5.97 Å². The van der Waals surface area contributed by atoms with E-state index in [2.05, 4.69) is 15.5 Å². The van der Waals surface area contributed by atoms with Crippen LogP contribution in [-0.4, -0.2) is 28.3 Å². The number of carboxylic acids is 1. The Morgan fingerprint density at radius 2 is 2.60 bits per heavy atom. The first kappa shape index (κ1) is 6.60. The summed E-state index contributed by atoms with van der Waals surface area (Å²) in [6.45, 7) is 0. The van der Waals surface area contributed by atoms with Gasteiger partial charge in [0, 0.05) is 7.05 Å². The van der Waals surface area contributed by atoms with Gasteiger partial charge in [0.05, 0.1) is 6.20 Å². The van der Waals surface area contributed by atoms with Gasteiger partial charge in [0.1, 0.15) is 11.4 Å². The molecule has 0 fully saturated rings. The van der Waals surface area contributed by atoms with Gasteiger partial charge in [0.15, 0.2) is 0 Å². The Kier molecular flexibility index (Phi) is 1.57. The molecule has 0 saturated carbocycles. The lowest BCUT2D eigenvalue weighted by molar-refractivity contribution is 0.0698. The molecule has 1 rings (SSSR count). The highest BCUT2D eigenvalue weighted by Crippen LogP contribution is 2.08. The molecule has 0 aliphatic carbocycles. The maximum atomic E-state index is 10.3. The van der Waals surface area contributed by atoms with E-state index in [1.54, 1.807) is 7.05 Å². The van der Waals surface area contributed by atoms with Crippen LogP contribution >= 0.6 is 0 Å². The number of aromatic nitrogens is 2. The summed E-state index contributed by atoms with van der Waals surface area (Å²) in [5.74, 6) is -0.564. The summed E-state index contributed by atoms with van der Waals surface area (Å²) in [5, 5.41) is 17.2. The van der Waals surface area contributed by atoms with Gasteiger partial charge in [-0.3, -0.25) is 5.10 Å². The van der Waals surface area contributed by atoms with Crippen molar-refractivity contribution in [3.63, 3.8) is 0 Å². The van der Waals surface area contributed by atoms with Crippen LogP contribution in [0.1, 0.15) is 10.4 Å². The van der Waals surface area contributed by atoms with Gasteiger partial charge in [0.2, 0.25) is 0 Å². The molecule has 10 heavy (non-hydrogen) atoms. The zero-order valence-corrected chi connectivity index (χ0v) is 5.38. The summed E-state index contributed by atoms with van der Waals surface area (Å²) < 4.78 is 0. The Morgan fingerprint density at radius 1 is 1.90 bits per heavy atom. The number of anilines is 1. The molecule has 1 aromatic rings. The predicted molar refractivity (Wildman–Crippen MR) is 35.1 cm³/mol. The van der Waals surface area contributed by atoms with E-state index in [-0.39, 0.29) is 5.56 Å². The Bertz CT molecular complexity index is 243. The molecule has 0 radical (unpaired) electrons. The van der Waals surface area contributed by atoms with Crippen molar-refractivity contribution in [1.29, 1.82) is 0 Å². The lowest BCUT2D eigenvalue weighted by Crippen LogP contribution is -1.99. The Balaban J connectivity index is 3.01. The quantitative estimate of drug-likeness (QED) is 0.547. The van der Waals surface area contributed by atoms with Crippen LogP contribution in [0, 0.1) is 0 Å². The van der Waals surface area contributed by atoms with Crippen molar-refractivity contribution in [2.45, 2.75) is 0 Å². The number of aromatic amines is 1. The van der Waals surface area contributed by atoms with E-state index in [0.29, 0.717) is 5.82 Å². The molecule has 3 N–H and O–H groups in total. The predicted octanol–water partition coefficient (Wildman–Crippen LogP) is 0.150. The molecule has 1 aromatic heterocycles. The van der Waals surface area contributed by atoms with Gasteiger partial charge in [-0.1, -0.05) is 0 Å². The van der Waals surface area contributed by atoms with Crippen molar-refractivity contribution in [3.05, 3.63) is 11.8 Å². The molecule has 5 nitrogen and oxygen atoms in total. The summed E-state index contributed by atoms with van der Waals surface area (Å²) in [5.41, 5.74) is 0.155. The van der Waals surface area contributed by atoms with Gasteiger partial charge in [-0.15, -0.1) is 0 Å². The average Bonchev–Trinajstić information content (AvgIpc) is 2.33. The number of rotatable bonds is 2. The van der Waals surface area contributed by atoms with Crippen molar-refractivity contribution in [1.82, 2.24) is 10.2 Å². The monoisotopic (exact) mass is 141 g/mol. The zero-order valence-electron chi connectivity index (χ0n) is 5.38. The van der Waals surface area contributed by atoms with Crippen molar-refractivity contribution in [2.24, 2.45) is 0 Å². The molecule has 0 bridgehead atoms. The minimum Gasteiger partial charge on any atom is -0.477 e. The van der Waals surface area contributed by atoms with Crippen LogP contribution in [0.4, 0.5) is 5.82 Å². The number of carbonyl (C=O) groups is 1. The smallest absolute Gasteiger partial charge is 0.341 e. The summed E-state index contributed by atoms with van der Waals surface area (Å²) >= 11 is 0. The second kappa shape index (κ2) is 2.38. The van der Waals surface area contributed by atoms with Crippen LogP contribution in [0.25, 0.3) is 0 Å². The van der Waals surface area contributed by atoms with E-state index in [0.717, 1.165) is 0 Å². The van der Waals surface area contributed by atoms with E-state index >= 15 is 0 Å². The van der Waals surface area contributed by atoms with Crippen LogP contribution < -0.4 is 5.32 Å². The molecule has 5 heteroatoms. The molecule has 1 heterocycles. The molecule has 0 atom stereocenters. The number of hydrogen-bond donors (Lipinski definition) is 3. The van der Waals surface area contributed by atoms with Gasteiger partial charge in [-0.2, -0.15) is 5.10 Å². The van der Waals surface area contributed by atoms with Crippen LogP contribution in [0.5, 0.6) is 0 Å². The first-order valence-electron chi connectivity index (χ1n) is 2.70. The second-order valence-electron chi connectivity index (χ2n) is 1.71. The van der Waals surface area contributed by atoms with Crippen molar-refractivity contribution >= 4 is 11.8 Å². The van der Waals surface area contributed by atoms with Crippen molar-refractivity contribution in [3.8, 4) is 0 Å². The maximum Gasteiger partial charge on any atom is 0.341 e. The Hall–Kier alpha value is -1.52. The molecule has 0 unspecified atom stereocenters. The fourth-order valence-electron chi connectivity index (χ4n) is 0.639. The second-order valence-corrected chi connectivity index (χ2v) is 1.71. The van der Waals surface area contributed by atoms with Gasteiger partial charge in [-0.25, -0.2) is 4.79 Å². The number of nitrogens with one attached hydrogen (secondary N) is 2. The average molecular weight is 141 g/mol. The van der Waals surface area contributed by atoms with Crippen LogP contribution in [0.3, 0.4) is 0 Å². The van der Waals surface area contributed by atoms with Crippen LogP contribution in [-0.2, 0) is 0 Å². The largest absolute Gasteiger partial charge is 0.477 e. The molecule has 0 aromatic carbocycles. The lowest BCUT2D eigenvalue weighted by atomic mass is 10.3. The fourth-order valence-corrected chi connectivity index (χ4v) is 0.639. The van der Waals surface area contributed by atoms with E-state index in [1.807, 2.05) is 0 Å². The number of aromatic carboxylic acids is 1. The third kappa shape index (κ3) is 0.928. The fraction of sp³-hybridized carbons (Fsp3) is 0.200. The SMILES string of the molecule is CNc1[nH]ncc1C(=O)O. The molecule has 0 amide bonds. The zero-order chi connectivity index (χ0) is 7.56. The first-order chi connectivity index (χ1) is 4.75. The Labute approximate surface area is 57.1 Å². The highest BCUT2D eigenvalue weighted by Gasteiger charge is 2.09. The minimum absolute atomic E-state index is 0.155. The maximum absolute atomic E-state index is 10.3. The molecule has 0 saturated heterocycles. The standard InChI is InChI=1S/C5H7N3O2/c1-6-4-3(5(9)10)2-7-8-4/h2H,1H3,(H,9,10)(H2,6,7,8). The summed E-state index contributed by atoms with van der Waals surface area (Å²) in [6, 6.07) is 0. The first-order valence-corrected chi connectivity index (χ1v) is 2.70. The lowest BCUT2D eigenvalue weighted by Gasteiger charge is -1.93. The van der Waals surface area contributed by atoms with E-state index in [1.165, 1.54) is 6.20 Å². The molecule has 0 spiro atoms. The van der Waals surface area contributed by atoms with Gasteiger partial charge in [0.25, 0.3) is 0 Å². The van der Waals surface area contributed by atoms with Crippen molar-refractivity contribution < 1.29 is 9.90 Å². The minimum atomic E-state index is -0.988. The number of H-pyrrole nitrogens is 1. The highest BCUT2D eigenvalue weighted by atomic mass is 16.4. The van der Waals surface area contributed by atoms with E-state index in [9.17, 15) is 4.79 Å². The number of hydrogen-bond acceptors (Lipinski definition) is 3. The third-order valence-electron chi connectivity index (χ3n) is 1.12. The normalized spacial score (nSPS) is 9.30. The molecular formula is C5H7N3O2. The van der Waals surface area contributed by atoms with E-state index < -0.39 is 5.97 Å². The molecule has 0 aliphatic rings. The molecule has 0 aliphatic heterocycles. The van der Waals surface area contributed by atoms with Crippen LogP contribution in [0.15, 0.2) is 6.20 Å². The molecular weight excluding hydrogens is 134 g/mol. The number of carboxylic acid groups (broad SMARTS) is 1. The van der Waals surface area contributed by atoms with Crippen molar-refractivity contribution in [2.75, 3.05) is 12.4 Å². The van der Waals surface area contributed by atoms with E-state index in [4.69, 9.17) is 5.11 Å².